The zero-order valence-electron chi connectivity index (χ0n) is 11.8. The summed E-state index contributed by atoms with van der Waals surface area (Å²) >= 11 is 6.93. The summed E-state index contributed by atoms with van der Waals surface area (Å²) in [5.74, 6) is 1.54. The Morgan fingerprint density at radius 1 is 1.10 bits per heavy atom. The van der Waals surface area contributed by atoms with Gasteiger partial charge in [0.05, 0.1) is 11.6 Å². The van der Waals surface area contributed by atoms with Gasteiger partial charge in [0.25, 0.3) is 0 Å². The molecular formula is C16H17Br2NO2. The van der Waals surface area contributed by atoms with Crippen molar-refractivity contribution in [2.45, 2.75) is 19.1 Å². The van der Waals surface area contributed by atoms with Crippen LogP contribution in [0.25, 0.3) is 0 Å². The van der Waals surface area contributed by atoms with E-state index in [2.05, 4.69) is 31.9 Å². The van der Waals surface area contributed by atoms with Gasteiger partial charge in [-0.1, -0.05) is 28.1 Å². The molecule has 0 heterocycles. The molecule has 112 valence electrons. The van der Waals surface area contributed by atoms with Gasteiger partial charge in [-0.3, -0.25) is 0 Å². The number of hydrogen-bond acceptors (Lipinski definition) is 3. The van der Waals surface area contributed by atoms with Gasteiger partial charge in [-0.15, -0.1) is 0 Å². The number of halogens is 2. The molecule has 2 atom stereocenters. The lowest BCUT2D eigenvalue weighted by molar-refractivity contribution is 0.179. The molecule has 0 bridgehead atoms. The number of methoxy groups -OCH3 is 1. The first-order valence-electron chi connectivity index (χ1n) is 6.52. The summed E-state index contributed by atoms with van der Waals surface area (Å²) in [6.07, 6.45) is -0.252. The molecular weight excluding hydrogens is 398 g/mol. The molecule has 0 aliphatic rings. The molecule has 21 heavy (non-hydrogen) atoms. The third-order valence-electron chi connectivity index (χ3n) is 3.05. The van der Waals surface area contributed by atoms with Crippen LogP contribution in [0.15, 0.2) is 51.4 Å². The molecule has 2 aromatic rings. The van der Waals surface area contributed by atoms with E-state index in [0.29, 0.717) is 0 Å². The van der Waals surface area contributed by atoms with Gasteiger partial charge in [-0.05, 0) is 58.7 Å². The molecule has 0 saturated heterocycles. The number of ether oxygens (including phenoxy) is 2. The van der Waals surface area contributed by atoms with Gasteiger partial charge in [0, 0.05) is 10.5 Å². The Bertz CT molecular complexity index is 617. The molecule has 0 spiro atoms. The van der Waals surface area contributed by atoms with E-state index in [1.165, 1.54) is 0 Å². The number of hydrogen-bond donors (Lipinski definition) is 1. The molecule has 5 heteroatoms. The van der Waals surface area contributed by atoms with Crippen LogP contribution in [-0.2, 0) is 0 Å². The molecule has 2 rings (SSSR count). The Hall–Kier alpha value is -1.04. The van der Waals surface area contributed by atoms with Crippen LogP contribution < -0.4 is 15.2 Å². The van der Waals surface area contributed by atoms with E-state index in [-0.39, 0.29) is 12.1 Å². The highest BCUT2D eigenvalue weighted by molar-refractivity contribution is 9.11. The second kappa shape index (κ2) is 7.29. The lowest BCUT2D eigenvalue weighted by Gasteiger charge is -2.24. The predicted molar refractivity (Wildman–Crippen MR) is 91.9 cm³/mol. The summed E-state index contributed by atoms with van der Waals surface area (Å²) in [7, 11) is 1.65. The van der Waals surface area contributed by atoms with E-state index in [0.717, 1.165) is 26.0 Å². The Labute approximate surface area is 141 Å². The normalized spacial score (nSPS) is 13.6. The summed E-state index contributed by atoms with van der Waals surface area (Å²) in [6.45, 7) is 1.93. The van der Waals surface area contributed by atoms with Crippen molar-refractivity contribution < 1.29 is 9.47 Å². The van der Waals surface area contributed by atoms with Crippen molar-refractivity contribution in [1.82, 2.24) is 0 Å². The summed E-state index contributed by atoms with van der Waals surface area (Å²) in [5.41, 5.74) is 7.08. The highest BCUT2D eigenvalue weighted by Crippen LogP contribution is 2.33. The molecule has 2 aromatic carbocycles. The Balaban J connectivity index is 2.30. The van der Waals surface area contributed by atoms with Crippen molar-refractivity contribution in [3.63, 3.8) is 0 Å². The molecule has 0 radical (unpaired) electrons. The van der Waals surface area contributed by atoms with Gasteiger partial charge in [0.1, 0.15) is 17.6 Å². The third kappa shape index (κ3) is 4.22. The second-order valence-corrected chi connectivity index (χ2v) is 6.52. The first-order chi connectivity index (χ1) is 10.0. The Kier molecular flexibility index (Phi) is 5.67. The molecule has 2 unspecified atom stereocenters. The van der Waals surface area contributed by atoms with Crippen LogP contribution in [0.1, 0.15) is 18.6 Å². The highest BCUT2D eigenvalue weighted by atomic mass is 79.9. The summed E-state index contributed by atoms with van der Waals surface area (Å²) in [6, 6.07) is 13.4. The van der Waals surface area contributed by atoms with Crippen LogP contribution in [0, 0.1) is 0 Å². The number of benzene rings is 2. The van der Waals surface area contributed by atoms with Crippen molar-refractivity contribution in [2.24, 2.45) is 5.73 Å². The van der Waals surface area contributed by atoms with Crippen LogP contribution in [0.4, 0.5) is 0 Å². The highest BCUT2D eigenvalue weighted by Gasteiger charge is 2.20. The summed E-state index contributed by atoms with van der Waals surface area (Å²) < 4.78 is 13.2. The van der Waals surface area contributed by atoms with Crippen LogP contribution in [-0.4, -0.2) is 13.2 Å². The van der Waals surface area contributed by atoms with Crippen LogP contribution in [0.5, 0.6) is 11.5 Å². The minimum Gasteiger partial charge on any atom is -0.497 e. The van der Waals surface area contributed by atoms with E-state index in [1.54, 1.807) is 7.11 Å². The predicted octanol–water partition coefficient (Wildman–Crippen LogP) is 4.69. The minimum atomic E-state index is -0.252. The fraction of sp³-hybridized carbons (Fsp3) is 0.250. The quantitative estimate of drug-likeness (QED) is 0.771. The molecule has 0 aromatic heterocycles. The van der Waals surface area contributed by atoms with Gasteiger partial charge < -0.3 is 15.2 Å². The molecule has 2 N–H and O–H groups in total. The van der Waals surface area contributed by atoms with Crippen molar-refractivity contribution in [3.05, 3.63) is 57.0 Å². The standard InChI is InChI=1S/C16H17Br2NO2/c1-10(19)16(11-4-3-5-13(8-11)20-2)21-15-7-6-12(17)9-14(15)18/h3-10,16H,19H2,1-2H3. The van der Waals surface area contributed by atoms with Crippen molar-refractivity contribution in [3.8, 4) is 11.5 Å². The van der Waals surface area contributed by atoms with Crippen LogP contribution >= 0.6 is 31.9 Å². The van der Waals surface area contributed by atoms with Crippen LogP contribution in [0.3, 0.4) is 0 Å². The lowest BCUT2D eigenvalue weighted by Crippen LogP contribution is -2.29. The van der Waals surface area contributed by atoms with Crippen molar-refractivity contribution in [2.75, 3.05) is 7.11 Å². The van der Waals surface area contributed by atoms with E-state index >= 15 is 0 Å². The maximum absolute atomic E-state index is 6.10. The molecule has 0 fully saturated rings. The molecule has 0 aliphatic heterocycles. The lowest BCUT2D eigenvalue weighted by atomic mass is 10.0. The van der Waals surface area contributed by atoms with Gasteiger partial charge in [0.2, 0.25) is 0 Å². The summed E-state index contributed by atoms with van der Waals surface area (Å²) in [4.78, 5) is 0. The number of nitrogens with two attached hydrogens (primary N) is 1. The monoisotopic (exact) mass is 413 g/mol. The van der Waals surface area contributed by atoms with Crippen molar-refractivity contribution in [1.29, 1.82) is 0 Å². The van der Waals surface area contributed by atoms with E-state index in [4.69, 9.17) is 15.2 Å². The van der Waals surface area contributed by atoms with E-state index < -0.39 is 0 Å². The number of rotatable bonds is 5. The average Bonchev–Trinajstić information content (AvgIpc) is 2.46. The van der Waals surface area contributed by atoms with E-state index in [1.807, 2.05) is 49.4 Å². The van der Waals surface area contributed by atoms with Crippen molar-refractivity contribution >= 4 is 31.9 Å². The zero-order valence-corrected chi connectivity index (χ0v) is 15.0. The maximum atomic E-state index is 6.10. The van der Waals surface area contributed by atoms with Gasteiger partial charge in [-0.2, -0.15) is 0 Å². The largest absolute Gasteiger partial charge is 0.497 e. The van der Waals surface area contributed by atoms with Gasteiger partial charge in [0.15, 0.2) is 0 Å². The average molecular weight is 415 g/mol. The molecule has 0 amide bonds. The Morgan fingerprint density at radius 2 is 1.86 bits per heavy atom. The van der Waals surface area contributed by atoms with E-state index in [9.17, 15) is 0 Å². The fourth-order valence-corrected chi connectivity index (χ4v) is 3.15. The molecule has 0 aliphatic carbocycles. The van der Waals surface area contributed by atoms with Gasteiger partial charge >= 0.3 is 0 Å². The SMILES string of the molecule is COc1cccc(C(Oc2ccc(Br)cc2Br)C(C)N)c1. The first-order valence-corrected chi connectivity index (χ1v) is 8.11. The maximum Gasteiger partial charge on any atom is 0.139 e. The smallest absolute Gasteiger partial charge is 0.139 e. The Morgan fingerprint density at radius 3 is 2.48 bits per heavy atom. The van der Waals surface area contributed by atoms with Crippen LogP contribution in [0.2, 0.25) is 0 Å². The topological polar surface area (TPSA) is 44.5 Å². The zero-order chi connectivity index (χ0) is 15.4. The first kappa shape index (κ1) is 16.3. The second-order valence-electron chi connectivity index (χ2n) is 4.75. The van der Waals surface area contributed by atoms with Gasteiger partial charge in [-0.25, -0.2) is 0 Å². The fourth-order valence-electron chi connectivity index (χ4n) is 2.00. The molecule has 0 saturated carbocycles. The summed E-state index contributed by atoms with van der Waals surface area (Å²) in [5, 5.41) is 0. The minimum absolute atomic E-state index is 0.160. The third-order valence-corrected chi connectivity index (χ3v) is 4.16. The molecule has 3 nitrogen and oxygen atoms in total.